The Hall–Kier alpha value is -5.05. The molecule has 2 N–H and O–H groups in total. The quantitative estimate of drug-likeness (QED) is 0.181. The first-order valence-corrected chi connectivity index (χ1v) is 17.0. The number of halogens is 2. The minimum Gasteiger partial charge on any atom is -0.591 e. The molecule has 0 spiro atoms. The van der Waals surface area contributed by atoms with E-state index in [4.69, 9.17) is 13.9 Å². The number of pyridine rings is 1. The molecule has 0 radical (unpaired) electrons. The molecule has 7 rings (SSSR count). The van der Waals surface area contributed by atoms with E-state index in [1.807, 2.05) is 4.90 Å². The number of piperazine rings is 1. The van der Waals surface area contributed by atoms with E-state index in [1.54, 1.807) is 22.5 Å². The fourth-order valence-corrected chi connectivity index (χ4v) is 6.89. The molecule has 0 bridgehead atoms. The number of nitrogens with zero attached hydrogens (tertiary/aromatic N) is 6. The summed E-state index contributed by atoms with van der Waals surface area (Å²) in [5.41, 5.74) is 0.538. The summed E-state index contributed by atoms with van der Waals surface area (Å²) < 4.78 is 62.1. The maximum absolute atomic E-state index is 15.3. The van der Waals surface area contributed by atoms with Crippen LogP contribution in [0.15, 0.2) is 75.4 Å². The predicted molar refractivity (Wildman–Crippen MR) is 181 cm³/mol. The van der Waals surface area contributed by atoms with Crippen LogP contribution < -0.4 is 25.8 Å². The van der Waals surface area contributed by atoms with Crippen LogP contribution in [0, 0.1) is 23.7 Å². The Bertz CT molecular complexity index is 2130. The van der Waals surface area contributed by atoms with Gasteiger partial charge in [-0.25, -0.2) is 13.8 Å². The Morgan fingerprint density at radius 3 is 2.76 bits per heavy atom. The van der Waals surface area contributed by atoms with Gasteiger partial charge >= 0.3 is 5.03 Å². The second-order valence-corrected chi connectivity index (χ2v) is 13.0. The molecule has 2 fully saturated rings. The summed E-state index contributed by atoms with van der Waals surface area (Å²) in [5.74, 6) is 1.85. The second-order valence-electron chi connectivity index (χ2n) is 11.6. The molecule has 2 saturated heterocycles. The first-order chi connectivity index (χ1) is 24.3. The van der Waals surface area contributed by atoms with Crippen molar-refractivity contribution in [3.8, 4) is 17.8 Å². The standard InChI is InChI=1S/C34H32F2N8O5S/c1-22-19-42(10-9-37-22)28-7-6-25(17-27(28)36)40-34-38-18-24-16-23(8-13-48-29-5-3-2-4-26(29)35)33(45)44(31(24)41-34)20-30-32(39-21-49-30)50(46)43-11-14-47-15-12-43/h2-7,16-18,21-22,37H,9-12,14-15,19-20H2,1H3,(H,38,40,41). The van der Waals surface area contributed by atoms with Gasteiger partial charge in [0.1, 0.15) is 28.9 Å². The summed E-state index contributed by atoms with van der Waals surface area (Å²) in [6.07, 6.45) is 5.06. The molecule has 0 amide bonds. The third-order valence-electron chi connectivity index (χ3n) is 8.20. The van der Waals surface area contributed by atoms with Crippen molar-refractivity contribution >= 4 is 39.7 Å². The van der Waals surface area contributed by atoms with Gasteiger partial charge in [-0.15, -0.1) is 4.31 Å². The van der Waals surface area contributed by atoms with Gasteiger partial charge in [0.25, 0.3) is 5.56 Å². The number of oxazole rings is 1. The third-order valence-corrected chi connectivity index (χ3v) is 9.70. The molecule has 5 heterocycles. The average molecular weight is 703 g/mol. The van der Waals surface area contributed by atoms with Crippen molar-refractivity contribution in [2.45, 2.75) is 24.5 Å². The lowest BCUT2D eigenvalue weighted by Gasteiger charge is -2.33. The number of para-hydroxylation sites is 1. The highest BCUT2D eigenvalue weighted by Gasteiger charge is 2.31. The summed E-state index contributed by atoms with van der Waals surface area (Å²) >= 11 is -1.68. The Morgan fingerprint density at radius 2 is 1.96 bits per heavy atom. The topological polar surface area (TPSA) is 146 Å². The van der Waals surface area contributed by atoms with E-state index < -0.39 is 28.6 Å². The number of aromatic nitrogens is 4. The van der Waals surface area contributed by atoms with Crippen LogP contribution in [-0.4, -0.2) is 80.4 Å². The summed E-state index contributed by atoms with van der Waals surface area (Å²) in [7, 11) is 0. The first-order valence-electron chi connectivity index (χ1n) is 15.9. The monoisotopic (exact) mass is 702 g/mol. The Labute approximate surface area is 288 Å². The number of nitrogens with one attached hydrogen (secondary N) is 2. The molecule has 3 aromatic heterocycles. The molecule has 2 aromatic carbocycles. The highest BCUT2D eigenvalue weighted by atomic mass is 32.2. The van der Waals surface area contributed by atoms with Crippen LogP contribution in [0.3, 0.4) is 0 Å². The first kappa shape index (κ1) is 33.4. The molecule has 16 heteroatoms. The zero-order valence-corrected chi connectivity index (χ0v) is 27.7. The molecule has 2 aliphatic rings. The predicted octanol–water partition coefficient (Wildman–Crippen LogP) is 3.39. The SMILES string of the molecule is CC1CN(c2ccc(Nc3ncc4cc(C#COc5ccccc5F)c(=O)n(Cc5ocnc5[S+]([O-])N5CCOCC5)c4n3)cc2F)CCN1. The van der Waals surface area contributed by atoms with E-state index >= 15 is 4.39 Å². The third kappa shape index (κ3) is 7.27. The molecule has 258 valence electrons. The van der Waals surface area contributed by atoms with E-state index in [1.165, 1.54) is 47.5 Å². The van der Waals surface area contributed by atoms with Crippen LogP contribution in [0.25, 0.3) is 11.0 Å². The van der Waals surface area contributed by atoms with Gasteiger partial charge in [0, 0.05) is 42.9 Å². The summed E-state index contributed by atoms with van der Waals surface area (Å²) in [4.78, 5) is 29.2. The number of morpholine rings is 1. The van der Waals surface area contributed by atoms with Crippen molar-refractivity contribution in [2.75, 3.05) is 56.2 Å². The van der Waals surface area contributed by atoms with Crippen molar-refractivity contribution < 1.29 is 27.2 Å². The summed E-state index contributed by atoms with van der Waals surface area (Å²) in [6.45, 7) is 5.71. The number of hydrogen-bond donors (Lipinski definition) is 2. The largest absolute Gasteiger partial charge is 0.591 e. The van der Waals surface area contributed by atoms with E-state index in [2.05, 4.69) is 44.5 Å². The van der Waals surface area contributed by atoms with Crippen LogP contribution in [-0.2, 0) is 22.6 Å². The second kappa shape index (κ2) is 14.8. The number of anilines is 3. The fourth-order valence-electron chi connectivity index (χ4n) is 5.73. The zero-order chi connectivity index (χ0) is 34.6. The Balaban J connectivity index is 1.23. The maximum Gasteiger partial charge on any atom is 0.309 e. The Morgan fingerprint density at radius 1 is 1.12 bits per heavy atom. The lowest BCUT2D eigenvalue weighted by molar-refractivity contribution is 0.0729. The zero-order valence-electron chi connectivity index (χ0n) is 26.9. The minimum absolute atomic E-state index is 0.00778. The molecule has 13 nitrogen and oxygen atoms in total. The van der Waals surface area contributed by atoms with Crippen molar-refractivity contribution in [1.82, 2.24) is 29.1 Å². The summed E-state index contributed by atoms with van der Waals surface area (Å²) in [6, 6.07) is 12.3. The molecule has 2 aliphatic heterocycles. The molecule has 2 unspecified atom stereocenters. The van der Waals surface area contributed by atoms with Gasteiger partial charge in [-0.05, 0) is 49.2 Å². The molecule has 50 heavy (non-hydrogen) atoms. The lowest BCUT2D eigenvalue weighted by atomic mass is 10.2. The smallest absolute Gasteiger partial charge is 0.309 e. The van der Waals surface area contributed by atoms with E-state index in [0.29, 0.717) is 56.2 Å². The van der Waals surface area contributed by atoms with Crippen LogP contribution in [0.2, 0.25) is 0 Å². The van der Waals surface area contributed by atoms with Crippen molar-refractivity contribution in [2.24, 2.45) is 0 Å². The van der Waals surface area contributed by atoms with Crippen LogP contribution in [0.5, 0.6) is 5.75 Å². The van der Waals surface area contributed by atoms with Crippen LogP contribution >= 0.6 is 0 Å². The van der Waals surface area contributed by atoms with Crippen molar-refractivity contribution in [3.63, 3.8) is 0 Å². The number of fused-ring (bicyclic) bond motifs is 1. The lowest BCUT2D eigenvalue weighted by Crippen LogP contribution is -2.49. The van der Waals surface area contributed by atoms with E-state index in [-0.39, 0.29) is 46.3 Å². The molecule has 2 atom stereocenters. The molecule has 5 aromatic rings. The number of hydrogen-bond acceptors (Lipinski definition) is 12. The highest BCUT2D eigenvalue weighted by molar-refractivity contribution is 7.89. The summed E-state index contributed by atoms with van der Waals surface area (Å²) in [5, 5.41) is 6.97. The van der Waals surface area contributed by atoms with Gasteiger partial charge in [0.2, 0.25) is 11.7 Å². The molecule has 0 aliphatic carbocycles. The molecule has 0 saturated carbocycles. The van der Waals surface area contributed by atoms with E-state index in [0.717, 1.165) is 6.54 Å². The van der Waals surface area contributed by atoms with Crippen LogP contribution in [0.1, 0.15) is 18.2 Å². The minimum atomic E-state index is -1.68. The van der Waals surface area contributed by atoms with Gasteiger partial charge < -0.3 is 34.0 Å². The van der Waals surface area contributed by atoms with Gasteiger partial charge in [-0.2, -0.15) is 9.97 Å². The average Bonchev–Trinajstić information content (AvgIpc) is 3.59. The maximum atomic E-state index is 15.3. The van der Waals surface area contributed by atoms with Gasteiger partial charge in [0.05, 0.1) is 44.1 Å². The van der Waals surface area contributed by atoms with Gasteiger partial charge in [-0.3, -0.25) is 9.36 Å². The van der Waals surface area contributed by atoms with E-state index in [9.17, 15) is 13.7 Å². The Kier molecular flexibility index (Phi) is 9.92. The normalized spacial score (nSPS) is 17.3. The number of rotatable bonds is 8. The highest BCUT2D eigenvalue weighted by Crippen LogP contribution is 2.26. The fraction of sp³-hybridized carbons (Fsp3) is 0.294. The van der Waals surface area contributed by atoms with Gasteiger partial charge in [-0.1, -0.05) is 12.1 Å². The van der Waals surface area contributed by atoms with Crippen molar-refractivity contribution in [3.05, 3.63) is 94.4 Å². The van der Waals surface area contributed by atoms with Crippen molar-refractivity contribution in [1.29, 1.82) is 0 Å². The van der Waals surface area contributed by atoms with Gasteiger partial charge in [0.15, 0.2) is 18.0 Å². The molecular formula is C34H32F2N8O5S. The number of ether oxygens (including phenoxy) is 2. The van der Waals surface area contributed by atoms with Crippen LogP contribution in [0.4, 0.5) is 26.1 Å². The molecular weight excluding hydrogens is 670 g/mol. The number of benzene rings is 2.